The monoisotopic (exact) mass is 226 g/mol. The molecule has 0 saturated carbocycles. The van der Waals surface area contributed by atoms with Crippen molar-refractivity contribution in [2.24, 2.45) is 0 Å². The number of methoxy groups -OCH3 is 1. The summed E-state index contributed by atoms with van der Waals surface area (Å²) in [7, 11) is 2.61. The van der Waals surface area contributed by atoms with Crippen LogP contribution >= 0.6 is 0 Å². The molecule has 0 aliphatic carbocycles. The zero-order valence-corrected chi connectivity index (χ0v) is 9.70. The topological polar surface area (TPSA) is 54.0 Å². The van der Waals surface area contributed by atoms with Gasteiger partial charge in [0.2, 0.25) is 0 Å². The van der Waals surface area contributed by atoms with Crippen molar-refractivity contribution in [2.75, 3.05) is 14.2 Å². The van der Waals surface area contributed by atoms with Gasteiger partial charge in [0.1, 0.15) is 5.56 Å². The maximum atomic E-state index is 11.5. The molecular formula is C11H14O5. The Hall–Kier alpha value is -1.59. The first-order valence-corrected chi connectivity index (χ1v) is 4.67. The quantitative estimate of drug-likeness (QED) is 0.446. The second kappa shape index (κ2) is 5.48. The van der Waals surface area contributed by atoms with E-state index in [2.05, 4.69) is 14.7 Å². The van der Waals surface area contributed by atoms with Crippen LogP contribution in [0.1, 0.15) is 21.5 Å². The molecule has 5 heteroatoms. The zero-order valence-electron chi connectivity index (χ0n) is 9.70. The Morgan fingerprint density at radius 2 is 1.88 bits per heavy atom. The molecule has 0 aromatic heterocycles. The van der Waals surface area contributed by atoms with Gasteiger partial charge in [-0.1, -0.05) is 6.07 Å². The van der Waals surface area contributed by atoms with Gasteiger partial charge in [-0.15, -0.1) is 0 Å². The van der Waals surface area contributed by atoms with E-state index < -0.39 is 5.97 Å². The third kappa shape index (κ3) is 2.50. The van der Waals surface area contributed by atoms with Gasteiger partial charge in [-0.25, -0.2) is 4.79 Å². The molecule has 0 N–H and O–H groups in total. The maximum Gasteiger partial charge on any atom is 0.341 e. The fraction of sp³-hybridized carbons (Fsp3) is 0.364. The van der Waals surface area contributed by atoms with Gasteiger partial charge in [-0.2, -0.15) is 4.89 Å². The Kier molecular flexibility index (Phi) is 4.28. The van der Waals surface area contributed by atoms with Gasteiger partial charge in [0.05, 0.1) is 14.2 Å². The van der Waals surface area contributed by atoms with E-state index in [1.54, 1.807) is 12.1 Å². The molecule has 0 fully saturated rings. The van der Waals surface area contributed by atoms with Crippen molar-refractivity contribution in [3.63, 3.8) is 0 Å². The van der Waals surface area contributed by atoms with Gasteiger partial charge < -0.3 is 9.62 Å². The molecule has 0 aliphatic rings. The van der Waals surface area contributed by atoms with Crippen LogP contribution in [0.5, 0.6) is 5.75 Å². The van der Waals surface area contributed by atoms with E-state index in [1.165, 1.54) is 14.2 Å². The lowest BCUT2D eigenvalue weighted by Crippen LogP contribution is -2.08. The molecule has 16 heavy (non-hydrogen) atoms. The number of hydrogen-bond donors (Lipinski definition) is 0. The SMILES string of the molecule is COOOc1c(C(=O)OC)ccc(C)c1C. The van der Waals surface area contributed by atoms with Crippen LogP contribution in [-0.2, 0) is 14.7 Å². The normalized spacial score (nSPS) is 10.0. The van der Waals surface area contributed by atoms with Crippen LogP contribution in [-0.4, -0.2) is 20.2 Å². The summed E-state index contributed by atoms with van der Waals surface area (Å²) >= 11 is 0. The summed E-state index contributed by atoms with van der Waals surface area (Å²) in [6.45, 7) is 3.71. The molecule has 5 nitrogen and oxygen atoms in total. The molecule has 0 saturated heterocycles. The Morgan fingerprint density at radius 1 is 1.19 bits per heavy atom. The predicted molar refractivity (Wildman–Crippen MR) is 56.0 cm³/mol. The zero-order chi connectivity index (χ0) is 12.1. The first kappa shape index (κ1) is 12.5. The van der Waals surface area contributed by atoms with Crippen molar-refractivity contribution in [1.82, 2.24) is 0 Å². The molecule has 0 heterocycles. The smallest absolute Gasteiger partial charge is 0.341 e. The van der Waals surface area contributed by atoms with Crippen LogP contribution < -0.4 is 4.89 Å². The first-order valence-electron chi connectivity index (χ1n) is 4.67. The Bertz CT molecular complexity index is 386. The number of aryl methyl sites for hydroxylation is 1. The van der Waals surface area contributed by atoms with Gasteiger partial charge in [-0.3, -0.25) is 0 Å². The predicted octanol–water partition coefficient (Wildman–Crippen LogP) is 1.96. The molecule has 1 rings (SSSR count). The van der Waals surface area contributed by atoms with Gasteiger partial charge in [0, 0.05) is 0 Å². The summed E-state index contributed by atoms with van der Waals surface area (Å²) in [4.78, 5) is 20.7. The lowest BCUT2D eigenvalue weighted by molar-refractivity contribution is -0.453. The maximum absolute atomic E-state index is 11.5. The summed E-state index contributed by atoms with van der Waals surface area (Å²) in [6.07, 6.45) is 0. The molecule has 0 radical (unpaired) electrons. The highest BCUT2D eigenvalue weighted by Crippen LogP contribution is 2.27. The van der Waals surface area contributed by atoms with Crippen LogP contribution in [0.2, 0.25) is 0 Å². The largest absolute Gasteiger partial charge is 0.465 e. The minimum Gasteiger partial charge on any atom is -0.465 e. The summed E-state index contributed by atoms with van der Waals surface area (Å²) in [5.41, 5.74) is 2.06. The Balaban J connectivity index is 3.16. The third-order valence-corrected chi connectivity index (χ3v) is 2.27. The highest BCUT2D eigenvalue weighted by Gasteiger charge is 2.17. The number of rotatable bonds is 4. The summed E-state index contributed by atoms with van der Waals surface area (Å²) in [5, 5.41) is 4.38. The molecule has 88 valence electrons. The number of ether oxygens (including phenoxy) is 1. The van der Waals surface area contributed by atoms with Crippen LogP contribution in [0.25, 0.3) is 0 Å². The summed E-state index contributed by atoms with van der Waals surface area (Å²) in [5.74, 6) is -0.188. The van der Waals surface area contributed by atoms with Gasteiger partial charge >= 0.3 is 5.97 Å². The molecule has 0 bridgehead atoms. The molecule has 0 spiro atoms. The lowest BCUT2D eigenvalue weighted by Gasteiger charge is -2.11. The van der Waals surface area contributed by atoms with Gasteiger partial charge in [0.15, 0.2) is 5.75 Å². The standard InChI is InChI=1S/C11H14O5/c1-7-5-6-9(11(12)13-3)10(8(7)2)15-16-14-4/h5-6H,1-4H3. The van der Waals surface area contributed by atoms with E-state index in [0.717, 1.165) is 11.1 Å². The van der Waals surface area contributed by atoms with E-state index in [4.69, 9.17) is 4.89 Å². The van der Waals surface area contributed by atoms with Crippen molar-refractivity contribution in [2.45, 2.75) is 13.8 Å². The molecule has 1 aromatic carbocycles. The second-order valence-electron chi connectivity index (χ2n) is 3.19. The van der Waals surface area contributed by atoms with Gasteiger partial charge in [0.25, 0.3) is 0 Å². The fourth-order valence-electron chi connectivity index (χ4n) is 1.24. The van der Waals surface area contributed by atoms with Crippen LogP contribution in [0.15, 0.2) is 12.1 Å². The Labute approximate surface area is 93.7 Å². The van der Waals surface area contributed by atoms with E-state index in [-0.39, 0.29) is 0 Å². The van der Waals surface area contributed by atoms with Crippen molar-refractivity contribution in [1.29, 1.82) is 0 Å². The minimum atomic E-state index is -0.488. The third-order valence-electron chi connectivity index (χ3n) is 2.27. The van der Waals surface area contributed by atoms with Crippen molar-refractivity contribution in [3.05, 3.63) is 28.8 Å². The Morgan fingerprint density at radius 3 is 2.44 bits per heavy atom. The lowest BCUT2D eigenvalue weighted by atomic mass is 10.0. The number of carbonyl (C=O) groups excluding carboxylic acids is 1. The fourth-order valence-corrected chi connectivity index (χ4v) is 1.24. The van der Waals surface area contributed by atoms with Crippen LogP contribution in [0, 0.1) is 13.8 Å². The summed E-state index contributed by atoms with van der Waals surface area (Å²) in [6, 6.07) is 3.42. The number of hydrogen-bond acceptors (Lipinski definition) is 5. The number of esters is 1. The molecule has 0 unspecified atom stereocenters. The average molecular weight is 226 g/mol. The number of benzene rings is 1. The minimum absolute atomic E-state index is 0.294. The van der Waals surface area contributed by atoms with Crippen molar-refractivity contribution < 1.29 is 24.3 Å². The van der Waals surface area contributed by atoms with E-state index >= 15 is 0 Å². The van der Waals surface area contributed by atoms with Crippen molar-refractivity contribution in [3.8, 4) is 5.75 Å². The molecule has 0 amide bonds. The highest BCUT2D eigenvalue weighted by atomic mass is 17.5. The molecule has 1 aromatic rings. The van der Waals surface area contributed by atoms with E-state index in [1.807, 2.05) is 13.8 Å². The van der Waals surface area contributed by atoms with Gasteiger partial charge in [-0.05, 0) is 36.1 Å². The van der Waals surface area contributed by atoms with Crippen molar-refractivity contribution >= 4 is 5.97 Å². The molecular weight excluding hydrogens is 212 g/mol. The molecule has 0 atom stereocenters. The highest BCUT2D eigenvalue weighted by molar-refractivity contribution is 5.93. The first-order chi connectivity index (χ1) is 7.61. The molecule has 0 aliphatic heterocycles. The summed E-state index contributed by atoms with van der Waals surface area (Å²) < 4.78 is 4.64. The second-order valence-corrected chi connectivity index (χ2v) is 3.19. The van der Waals surface area contributed by atoms with E-state index in [0.29, 0.717) is 11.3 Å². The van der Waals surface area contributed by atoms with Crippen LogP contribution in [0.3, 0.4) is 0 Å². The van der Waals surface area contributed by atoms with E-state index in [9.17, 15) is 4.79 Å². The van der Waals surface area contributed by atoms with Crippen LogP contribution in [0.4, 0.5) is 0 Å². The average Bonchev–Trinajstić information content (AvgIpc) is 2.30. The number of carbonyl (C=O) groups is 1.